The zero-order chi connectivity index (χ0) is 31.8. The average Bonchev–Trinajstić information content (AvgIpc) is 2.90. The first kappa shape index (κ1) is 35.6. The maximum atomic E-state index is 13.1. The fraction of sp³-hybridized carbons (Fsp3) is 0.680. The van der Waals surface area contributed by atoms with Crippen LogP contribution in [-0.2, 0) is 33.6 Å². The van der Waals surface area contributed by atoms with Crippen LogP contribution in [0.15, 0.2) is 4.99 Å². The van der Waals surface area contributed by atoms with E-state index in [-0.39, 0.29) is 57.1 Å². The molecule has 0 radical (unpaired) electrons. The molecule has 0 aromatic rings. The molecule has 0 unspecified atom stereocenters. The largest absolute Gasteiger partial charge is 0.370 e. The normalized spacial score (nSPS) is 25.7. The van der Waals surface area contributed by atoms with Gasteiger partial charge in [-0.25, -0.2) is 0 Å². The summed E-state index contributed by atoms with van der Waals surface area (Å²) in [5, 5.41) is 15.2. The van der Waals surface area contributed by atoms with E-state index in [0.717, 1.165) is 0 Å². The van der Waals surface area contributed by atoms with Gasteiger partial charge in [0.15, 0.2) is 5.96 Å². The number of nitrogens with one attached hydrogen (secondary N) is 6. The maximum Gasteiger partial charge on any atom is 0.243 e. The summed E-state index contributed by atoms with van der Waals surface area (Å²) in [7, 11) is 0. The van der Waals surface area contributed by atoms with Crippen LogP contribution < -0.4 is 49.1 Å². The van der Waals surface area contributed by atoms with Gasteiger partial charge >= 0.3 is 0 Å². The van der Waals surface area contributed by atoms with Crippen molar-refractivity contribution in [3.63, 3.8) is 0 Å². The molecule has 1 aliphatic heterocycles. The number of rotatable bonds is 6. The second-order valence-electron chi connectivity index (χ2n) is 10.1. The topological polar surface area (TPSA) is 282 Å². The summed E-state index contributed by atoms with van der Waals surface area (Å²) < 4.78 is 0. The quantitative estimate of drug-likeness (QED) is 0.0821. The van der Waals surface area contributed by atoms with Crippen molar-refractivity contribution >= 4 is 47.3 Å². The van der Waals surface area contributed by atoms with E-state index in [0.29, 0.717) is 12.8 Å². The molecule has 1 fully saturated rings. The smallest absolute Gasteiger partial charge is 0.243 e. The summed E-state index contributed by atoms with van der Waals surface area (Å²) in [6.45, 7) is 4.43. The van der Waals surface area contributed by atoms with Gasteiger partial charge in [0.25, 0.3) is 0 Å². The molecule has 0 aliphatic carbocycles. The minimum atomic E-state index is -1.14. The predicted octanol–water partition coefficient (Wildman–Crippen LogP) is -3.91. The molecule has 12 N–H and O–H groups in total. The van der Waals surface area contributed by atoms with Gasteiger partial charge in [-0.15, -0.1) is 0 Å². The van der Waals surface area contributed by atoms with Crippen molar-refractivity contribution in [2.75, 3.05) is 13.1 Å². The number of primary amides is 1. The number of aliphatic imine (C=N–C) groups is 1. The second kappa shape index (κ2) is 18.1. The highest BCUT2D eigenvalue weighted by molar-refractivity contribution is 5.96. The third-order valence-corrected chi connectivity index (χ3v) is 6.34. The lowest BCUT2D eigenvalue weighted by Gasteiger charge is -2.24. The van der Waals surface area contributed by atoms with Gasteiger partial charge in [-0.1, -0.05) is 0 Å². The Balaban J connectivity index is 3.19. The van der Waals surface area contributed by atoms with E-state index in [9.17, 15) is 33.6 Å². The van der Waals surface area contributed by atoms with Crippen molar-refractivity contribution in [2.24, 2.45) is 22.2 Å². The molecule has 0 saturated carbocycles. The molecule has 42 heavy (non-hydrogen) atoms. The van der Waals surface area contributed by atoms with Gasteiger partial charge in [-0.2, -0.15) is 0 Å². The summed E-state index contributed by atoms with van der Waals surface area (Å²) in [5.41, 5.74) is 16.1. The van der Waals surface area contributed by atoms with Crippen LogP contribution in [0, 0.1) is 0 Å². The Morgan fingerprint density at radius 2 is 1.48 bits per heavy atom. The highest BCUT2D eigenvalue weighted by atomic mass is 16.2. The van der Waals surface area contributed by atoms with Gasteiger partial charge in [-0.05, 0) is 52.4 Å². The van der Waals surface area contributed by atoms with Gasteiger partial charge in [0, 0.05) is 26.4 Å². The average molecular weight is 597 g/mol. The van der Waals surface area contributed by atoms with Crippen LogP contribution in [0.4, 0.5) is 0 Å². The Bertz CT molecular complexity index is 1030. The number of amides is 7. The molecule has 17 heteroatoms. The Morgan fingerprint density at radius 3 is 2.07 bits per heavy atom. The monoisotopic (exact) mass is 596 g/mol. The molecule has 0 spiro atoms. The predicted molar refractivity (Wildman–Crippen MR) is 152 cm³/mol. The van der Waals surface area contributed by atoms with Crippen molar-refractivity contribution in [3.05, 3.63) is 0 Å². The molecule has 0 aromatic carbocycles. The molecule has 0 bridgehead atoms. The highest BCUT2D eigenvalue weighted by Gasteiger charge is 2.29. The number of carbonyl (C=O) groups excluding carboxylic acids is 7. The molecular formula is C25H44N10O7. The van der Waals surface area contributed by atoms with Gasteiger partial charge in [0.1, 0.15) is 30.2 Å². The standard InChI is InChI=1S/C25H44N10O7/c1-13-21(39)34-16(20(26)38)7-4-5-11-29-19(37)10-9-18(33-15(3)36)24(42)32-14(2)22(40)35-17(23(41)31-13)8-6-12-30-25(27)28/h13-14,16-18H,4-12H2,1-3H3,(H2,26,38)(H,29,37)(H,31,41)(H,32,42)(H,33,36)(H,34,39)(H,35,40)(H4,27,28,30)/t13-,14-,16-,17-,18-/m0/s1. The minimum Gasteiger partial charge on any atom is -0.370 e. The fourth-order valence-corrected chi connectivity index (χ4v) is 3.99. The minimum absolute atomic E-state index is 0.0327. The molecule has 1 saturated heterocycles. The number of nitrogens with two attached hydrogens (primary N) is 3. The van der Waals surface area contributed by atoms with Crippen LogP contribution >= 0.6 is 0 Å². The third-order valence-electron chi connectivity index (χ3n) is 6.34. The van der Waals surface area contributed by atoms with Crippen molar-refractivity contribution in [1.82, 2.24) is 31.9 Å². The second-order valence-corrected chi connectivity index (χ2v) is 10.1. The molecule has 17 nitrogen and oxygen atoms in total. The molecule has 1 aliphatic rings. The van der Waals surface area contributed by atoms with Gasteiger partial charge in [-0.3, -0.25) is 38.6 Å². The Morgan fingerprint density at radius 1 is 0.857 bits per heavy atom. The van der Waals surface area contributed by atoms with E-state index in [4.69, 9.17) is 17.2 Å². The fourth-order valence-electron chi connectivity index (χ4n) is 3.99. The first-order valence-corrected chi connectivity index (χ1v) is 13.8. The summed E-state index contributed by atoms with van der Waals surface area (Å²) >= 11 is 0. The van der Waals surface area contributed by atoms with Crippen molar-refractivity contribution in [1.29, 1.82) is 0 Å². The lowest BCUT2D eigenvalue weighted by molar-refractivity contribution is -0.134. The molecule has 1 heterocycles. The van der Waals surface area contributed by atoms with Crippen LogP contribution in [0.2, 0.25) is 0 Å². The molecule has 7 amide bonds. The first-order chi connectivity index (χ1) is 19.7. The third kappa shape index (κ3) is 13.8. The highest BCUT2D eigenvalue weighted by Crippen LogP contribution is 2.05. The molecule has 1 rings (SSSR count). The Labute approximate surface area is 244 Å². The van der Waals surface area contributed by atoms with Crippen LogP contribution in [0.5, 0.6) is 0 Å². The SMILES string of the molecule is CC(=O)N[C@H]1CCC(=O)NCCCC[C@@H](C(N)=O)NC(=O)[C@H](C)NC(=O)[C@H](CCCN=C(N)N)NC(=O)[C@H](C)NC1=O. The zero-order valence-corrected chi connectivity index (χ0v) is 24.3. The number of hydrogen-bond acceptors (Lipinski definition) is 8. The summed E-state index contributed by atoms with van der Waals surface area (Å²) in [5.74, 6) is -4.55. The summed E-state index contributed by atoms with van der Waals surface area (Å²) in [6.07, 6.45) is 1.35. The van der Waals surface area contributed by atoms with Crippen LogP contribution in [0.25, 0.3) is 0 Å². The van der Waals surface area contributed by atoms with Crippen molar-refractivity contribution in [3.8, 4) is 0 Å². The Kier molecular flexibility index (Phi) is 15.3. The number of hydrogen-bond donors (Lipinski definition) is 9. The summed E-state index contributed by atoms with van der Waals surface area (Å²) in [6, 6.07) is -5.47. The van der Waals surface area contributed by atoms with E-state index in [2.05, 4.69) is 36.9 Å². The van der Waals surface area contributed by atoms with E-state index in [1.807, 2.05) is 0 Å². The zero-order valence-electron chi connectivity index (χ0n) is 24.3. The van der Waals surface area contributed by atoms with Crippen LogP contribution in [0.3, 0.4) is 0 Å². The van der Waals surface area contributed by atoms with Crippen molar-refractivity contribution < 1.29 is 33.6 Å². The van der Waals surface area contributed by atoms with E-state index in [1.54, 1.807) is 0 Å². The molecule has 236 valence electrons. The number of carbonyl (C=O) groups is 7. The van der Waals surface area contributed by atoms with E-state index in [1.165, 1.54) is 20.8 Å². The number of guanidine groups is 1. The number of nitrogens with zero attached hydrogens (tertiary/aromatic N) is 1. The van der Waals surface area contributed by atoms with Gasteiger partial charge in [0.05, 0.1) is 0 Å². The molecule has 5 atom stereocenters. The Hall–Kier alpha value is -4.44. The van der Waals surface area contributed by atoms with E-state index < -0.39 is 65.7 Å². The maximum absolute atomic E-state index is 13.1. The lowest BCUT2D eigenvalue weighted by Crippen LogP contribution is -2.58. The van der Waals surface area contributed by atoms with Crippen LogP contribution in [0.1, 0.15) is 65.7 Å². The van der Waals surface area contributed by atoms with Gasteiger partial charge in [0.2, 0.25) is 41.4 Å². The van der Waals surface area contributed by atoms with Crippen molar-refractivity contribution in [2.45, 2.75) is 95.9 Å². The van der Waals surface area contributed by atoms with Crippen LogP contribution in [-0.4, -0.2) is 90.6 Å². The molecular weight excluding hydrogens is 552 g/mol. The van der Waals surface area contributed by atoms with Gasteiger partial charge < -0.3 is 49.1 Å². The molecule has 0 aromatic heterocycles. The first-order valence-electron chi connectivity index (χ1n) is 13.8. The summed E-state index contributed by atoms with van der Waals surface area (Å²) in [4.78, 5) is 91.4. The van der Waals surface area contributed by atoms with E-state index >= 15 is 0 Å². The lowest BCUT2D eigenvalue weighted by atomic mass is 10.1.